The van der Waals surface area contributed by atoms with Crippen molar-refractivity contribution in [1.29, 1.82) is 0 Å². The Kier molecular flexibility index (Phi) is 4.76. The molecule has 0 spiro atoms. The third-order valence-corrected chi connectivity index (χ3v) is 5.14. The van der Waals surface area contributed by atoms with Gasteiger partial charge in [-0.25, -0.2) is 4.98 Å². The Labute approximate surface area is 114 Å². The summed E-state index contributed by atoms with van der Waals surface area (Å²) in [4.78, 5) is 7.23. The highest BCUT2D eigenvalue weighted by molar-refractivity contribution is 7.09. The molecule has 102 valence electrons. The number of nitrogens with two attached hydrogens (primary N) is 1. The summed E-state index contributed by atoms with van der Waals surface area (Å²) in [6.07, 6.45) is 1.27. The van der Waals surface area contributed by atoms with Crippen LogP contribution in [0.3, 0.4) is 0 Å². The summed E-state index contributed by atoms with van der Waals surface area (Å²) in [5.74, 6) is 1.97. The second-order valence-electron chi connectivity index (χ2n) is 5.83. The molecule has 2 heterocycles. The molecular weight excluding hydrogens is 242 g/mol. The number of likely N-dealkylation sites (tertiary alicyclic amines) is 1. The Bertz CT molecular complexity index is 375. The van der Waals surface area contributed by atoms with Crippen molar-refractivity contribution >= 4 is 11.3 Å². The van der Waals surface area contributed by atoms with Crippen LogP contribution in [0.5, 0.6) is 0 Å². The van der Waals surface area contributed by atoms with Crippen LogP contribution in [0, 0.1) is 11.8 Å². The van der Waals surface area contributed by atoms with Crippen LogP contribution in [0.1, 0.15) is 43.8 Å². The van der Waals surface area contributed by atoms with E-state index in [1.807, 2.05) is 0 Å². The summed E-state index contributed by atoms with van der Waals surface area (Å²) in [6, 6.07) is 0. The van der Waals surface area contributed by atoms with Gasteiger partial charge < -0.3 is 5.73 Å². The molecule has 0 bridgehead atoms. The quantitative estimate of drug-likeness (QED) is 0.912. The van der Waals surface area contributed by atoms with Gasteiger partial charge in [0.1, 0.15) is 0 Å². The van der Waals surface area contributed by atoms with E-state index in [1.165, 1.54) is 23.7 Å². The molecule has 2 N–H and O–H groups in total. The lowest BCUT2D eigenvalue weighted by Crippen LogP contribution is -2.42. The lowest BCUT2D eigenvalue weighted by Gasteiger charge is -2.36. The Morgan fingerprint density at radius 1 is 1.56 bits per heavy atom. The second kappa shape index (κ2) is 6.13. The van der Waals surface area contributed by atoms with Crippen LogP contribution in [0.4, 0.5) is 0 Å². The van der Waals surface area contributed by atoms with E-state index in [0.29, 0.717) is 11.8 Å². The fourth-order valence-corrected chi connectivity index (χ4v) is 3.39. The van der Waals surface area contributed by atoms with Gasteiger partial charge in [-0.05, 0) is 31.3 Å². The van der Waals surface area contributed by atoms with Crippen molar-refractivity contribution in [2.45, 2.75) is 39.7 Å². The van der Waals surface area contributed by atoms with Gasteiger partial charge >= 0.3 is 0 Å². The fourth-order valence-electron chi connectivity index (χ4n) is 2.56. The number of rotatable bonds is 4. The van der Waals surface area contributed by atoms with Gasteiger partial charge in [-0.1, -0.05) is 20.8 Å². The fraction of sp³-hybridized carbons (Fsp3) is 0.786. The van der Waals surface area contributed by atoms with Gasteiger partial charge in [0.05, 0.1) is 10.7 Å². The van der Waals surface area contributed by atoms with Gasteiger partial charge in [0.2, 0.25) is 0 Å². The number of thiazole rings is 1. The van der Waals surface area contributed by atoms with Crippen molar-refractivity contribution in [1.82, 2.24) is 9.88 Å². The van der Waals surface area contributed by atoms with E-state index in [2.05, 4.69) is 31.1 Å². The zero-order valence-electron chi connectivity index (χ0n) is 11.7. The minimum Gasteiger partial charge on any atom is -0.330 e. The molecule has 4 heteroatoms. The highest BCUT2D eigenvalue weighted by Crippen LogP contribution is 2.25. The van der Waals surface area contributed by atoms with E-state index in [4.69, 9.17) is 10.7 Å². The highest BCUT2D eigenvalue weighted by Gasteiger charge is 2.25. The first-order valence-electron chi connectivity index (χ1n) is 6.97. The molecular formula is C14H25N3S. The average Bonchev–Trinajstić information content (AvgIpc) is 2.80. The van der Waals surface area contributed by atoms with E-state index in [1.54, 1.807) is 11.3 Å². The summed E-state index contributed by atoms with van der Waals surface area (Å²) in [6.45, 7) is 10.9. The first-order chi connectivity index (χ1) is 8.60. The van der Waals surface area contributed by atoms with Crippen LogP contribution in [0.25, 0.3) is 0 Å². The van der Waals surface area contributed by atoms with Gasteiger partial charge in [0, 0.05) is 24.4 Å². The van der Waals surface area contributed by atoms with Gasteiger partial charge in [-0.2, -0.15) is 0 Å². The van der Waals surface area contributed by atoms with Crippen molar-refractivity contribution < 1.29 is 0 Å². The second-order valence-corrected chi connectivity index (χ2v) is 6.72. The third kappa shape index (κ3) is 3.31. The number of aromatic nitrogens is 1. The molecule has 0 saturated carbocycles. The maximum atomic E-state index is 5.85. The van der Waals surface area contributed by atoms with E-state index >= 15 is 0 Å². The lowest BCUT2D eigenvalue weighted by molar-refractivity contribution is 0.125. The van der Waals surface area contributed by atoms with Gasteiger partial charge in [0.25, 0.3) is 0 Å². The molecule has 0 radical (unpaired) electrons. The van der Waals surface area contributed by atoms with Gasteiger partial charge in [-0.3, -0.25) is 4.90 Å². The van der Waals surface area contributed by atoms with Gasteiger partial charge in [-0.15, -0.1) is 11.3 Å². The Morgan fingerprint density at radius 2 is 2.33 bits per heavy atom. The van der Waals surface area contributed by atoms with E-state index in [9.17, 15) is 0 Å². The Hall–Kier alpha value is -0.450. The minimum absolute atomic E-state index is 0.543. The zero-order valence-corrected chi connectivity index (χ0v) is 12.5. The normalized spacial score (nSPS) is 25.8. The van der Waals surface area contributed by atoms with E-state index < -0.39 is 0 Å². The summed E-state index contributed by atoms with van der Waals surface area (Å²) < 4.78 is 0. The molecule has 2 rings (SSSR count). The summed E-state index contributed by atoms with van der Waals surface area (Å²) in [5.41, 5.74) is 7.08. The molecule has 0 aromatic carbocycles. The van der Waals surface area contributed by atoms with Crippen molar-refractivity contribution in [3.8, 4) is 0 Å². The van der Waals surface area contributed by atoms with E-state index in [0.717, 1.165) is 25.6 Å². The summed E-state index contributed by atoms with van der Waals surface area (Å²) in [5, 5.41) is 3.47. The summed E-state index contributed by atoms with van der Waals surface area (Å²) >= 11 is 1.79. The average molecular weight is 267 g/mol. The molecule has 2 atom stereocenters. The SMILES string of the molecule is CC(C)c1nc(CN2CCC(C)C(CN)C2)cs1. The minimum atomic E-state index is 0.543. The maximum Gasteiger partial charge on any atom is 0.0954 e. The molecule has 3 nitrogen and oxygen atoms in total. The predicted octanol–water partition coefficient (Wildman–Crippen LogP) is 2.68. The van der Waals surface area contributed by atoms with Crippen LogP contribution in [-0.4, -0.2) is 29.5 Å². The molecule has 1 saturated heterocycles. The first-order valence-corrected chi connectivity index (χ1v) is 7.84. The van der Waals surface area contributed by atoms with Crippen LogP contribution < -0.4 is 5.73 Å². The standard InChI is InChI=1S/C14H25N3S/c1-10(2)14-16-13(9-18-14)8-17-5-4-11(3)12(6-15)7-17/h9-12H,4-8,15H2,1-3H3. The zero-order chi connectivity index (χ0) is 13.1. The highest BCUT2D eigenvalue weighted by atomic mass is 32.1. The van der Waals surface area contributed by atoms with Crippen molar-refractivity contribution in [2.75, 3.05) is 19.6 Å². The van der Waals surface area contributed by atoms with Gasteiger partial charge in [0.15, 0.2) is 0 Å². The van der Waals surface area contributed by atoms with Crippen LogP contribution in [-0.2, 0) is 6.54 Å². The maximum absolute atomic E-state index is 5.85. The number of nitrogens with zero attached hydrogens (tertiary/aromatic N) is 2. The van der Waals surface area contributed by atoms with Crippen molar-refractivity contribution in [3.05, 3.63) is 16.1 Å². The number of hydrogen-bond donors (Lipinski definition) is 1. The smallest absolute Gasteiger partial charge is 0.0954 e. The molecule has 18 heavy (non-hydrogen) atoms. The van der Waals surface area contributed by atoms with Crippen LogP contribution >= 0.6 is 11.3 Å². The number of piperidine rings is 1. The predicted molar refractivity (Wildman–Crippen MR) is 77.8 cm³/mol. The van der Waals surface area contributed by atoms with Crippen molar-refractivity contribution in [3.63, 3.8) is 0 Å². The lowest BCUT2D eigenvalue weighted by atomic mass is 9.87. The molecule has 0 amide bonds. The molecule has 1 aromatic heterocycles. The Morgan fingerprint density at radius 3 is 2.94 bits per heavy atom. The van der Waals surface area contributed by atoms with Crippen LogP contribution in [0.2, 0.25) is 0 Å². The Balaban J connectivity index is 1.92. The number of hydrogen-bond acceptors (Lipinski definition) is 4. The molecule has 1 aliphatic heterocycles. The molecule has 1 aromatic rings. The van der Waals surface area contributed by atoms with Crippen molar-refractivity contribution in [2.24, 2.45) is 17.6 Å². The molecule has 2 unspecified atom stereocenters. The third-order valence-electron chi connectivity index (χ3n) is 3.95. The molecule has 1 aliphatic rings. The summed E-state index contributed by atoms with van der Waals surface area (Å²) in [7, 11) is 0. The molecule has 0 aliphatic carbocycles. The monoisotopic (exact) mass is 267 g/mol. The largest absolute Gasteiger partial charge is 0.330 e. The molecule has 1 fully saturated rings. The first kappa shape index (κ1) is 14.0. The topological polar surface area (TPSA) is 42.2 Å². The van der Waals surface area contributed by atoms with Crippen LogP contribution in [0.15, 0.2) is 5.38 Å². The van der Waals surface area contributed by atoms with E-state index in [-0.39, 0.29) is 0 Å².